The third kappa shape index (κ3) is 2.88. The van der Waals surface area contributed by atoms with Crippen LogP contribution in [0.1, 0.15) is 5.56 Å². The SMILES string of the molecule is NCc1ccc(-c2nc(-c3ccncc3)cc(=O)[nH]2)cc1. The largest absolute Gasteiger partial charge is 0.326 e. The van der Waals surface area contributed by atoms with Crippen LogP contribution < -0.4 is 11.3 Å². The fraction of sp³-hybridized carbons (Fsp3) is 0.0625. The molecule has 5 nitrogen and oxygen atoms in total. The second-order valence-electron chi connectivity index (χ2n) is 4.62. The van der Waals surface area contributed by atoms with E-state index >= 15 is 0 Å². The molecule has 5 heteroatoms. The quantitative estimate of drug-likeness (QED) is 0.767. The van der Waals surface area contributed by atoms with E-state index in [0.29, 0.717) is 18.1 Å². The number of nitrogens with two attached hydrogens (primary N) is 1. The highest BCUT2D eigenvalue weighted by Gasteiger charge is 2.06. The molecule has 0 aliphatic heterocycles. The van der Waals surface area contributed by atoms with Gasteiger partial charge in [-0.2, -0.15) is 0 Å². The van der Waals surface area contributed by atoms with Gasteiger partial charge in [0.2, 0.25) is 0 Å². The molecule has 2 aromatic heterocycles. The summed E-state index contributed by atoms with van der Waals surface area (Å²) < 4.78 is 0. The first kappa shape index (κ1) is 13.2. The predicted octanol–water partition coefficient (Wildman–Crippen LogP) is 1.96. The minimum Gasteiger partial charge on any atom is -0.326 e. The lowest BCUT2D eigenvalue weighted by Gasteiger charge is -2.05. The molecule has 0 aliphatic rings. The van der Waals surface area contributed by atoms with Crippen LogP contribution in [0.3, 0.4) is 0 Å². The van der Waals surface area contributed by atoms with E-state index in [2.05, 4.69) is 15.0 Å². The van der Waals surface area contributed by atoms with Gasteiger partial charge < -0.3 is 10.7 Å². The van der Waals surface area contributed by atoms with Crippen LogP contribution in [0.5, 0.6) is 0 Å². The second-order valence-corrected chi connectivity index (χ2v) is 4.62. The third-order valence-corrected chi connectivity index (χ3v) is 3.18. The summed E-state index contributed by atoms with van der Waals surface area (Å²) >= 11 is 0. The summed E-state index contributed by atoms with van der Waals surface area (Å²) in [6, 6.07) is 12.8. The zero-order valence-corrected chi connectivity index (χ0v) is 11.3. The zero-order valence-electron chi connectivity index (χ0n) is 11.3. The van der Waals surface area contributed by atoms with Gasteiger partial charge in [-0.15, -0.1) is 0 Å². The molecule has 3 aromatic rings. The zero-order chi connectivity index (χ0) is 14.7. The minimum atomic E-state index is -0.185. The molecule has 0 aliphatic carbocycles. The Labute approximate surface area is 121 Å². The number of aromatic amines is 1. The molecule has 0 bridgehead atoms. The second kappa shape index (κ2) is 5.68. The van der Waals surface area contributed by atoms with Gasteiger partial charge in [0, 0.05) is 36.1 Å². The predicted molar refractivity (Wildman–Crippen MR) is 81.4 cm³/mol. The van der Waals surface area contributed by atoms with Gasteiger partial charge in [-0.05, 0) is 17.7 Å². The summed E-state index contributed by atoms with van der Waals surface area (Å²) in [4.78, 5) is 23.1. The highest BCUT2D eigenvalue weighted by Crippen LogP contribution is 2.19. The first-order valence-electron chi connectivity index (χ1n) is 6.57. The summed E-state index contributed by atoms with van der Waals surface area (Å²) in [6.07, 6.45) is 3.35. The van der Waals surface area contributed by atoms with Crippen LogP contribution in [0.15, 0.2) is 59.7 Å². The molecule has 0 spiro atoms. The van der Waals surface area contributed by atoms with Crippen LogP contribution in [0, 0.1) is 0 Å². The van der Waals surface area contributed by atoms with E-state index in [1.807, 2.05) is 36.4 Å². The minimum absolute atomic E-state index is 0.185. The first-order valence-corrected chi connectivity index (χ1v) is 6.57. The Morgan fingerprint density at radius 1 is 1.00 bits per heavy atom. The van der Waals surface area contributed by atoms with Crippen LogP contribution in [0.25, 0.3) is 22.6 Å². The van der Waals surface area contributed by atoms with E-state index in [0.717, 1.165) is 16.7 Å². The Bertz CT molecular complexity index is 795. The van der Waals surface area contributed by atoms with E-state index in [1.54, 1.807) is 12.4 Å². The molecule has 0 radical (unpaired) electrons. The topological polar surface area (TPSA) is 84.7 Å². The van der Waals surface area contributed by atoms with Crippen molar-refractivity contribution in [3.63, 3.8) is 0 Å². The van der Waals surface area contributed by atoms with Gasteiger partial charge in [0.05, 0.1) is 5.69 Å². The van der Waals surface area contributed by atoms with Gasteiger partial charge in [0.1, 0.15) is 5.82 Å². The molecule has 0 atom stereocenters. The standard InChI is InChI=1S/C16H14N4O/c17-10-11-1-3-13(4-2-11)16-19-14(9-15(21)20-16)12-5-7-18-8-6-12/h1-9H,10,17H2,(H,19,20,21). The van der Waals surface area contributed by atoms with E-state index in [9.17, 15) is 4.79 Å². The van der Waals surface area contributed by atoms with Crippen molar-refractivity contribution < 1.29 is 0 Å². The van der Waals surface area contributed by atoms with Gasteiger partial charge in [-0.3, -0.25) is 9.78 Å². The molecule has 0 unspecified atom stereocenters. The molecular weight excluding hydrogens is 264 g/mol. The van der Waals surface area contributed by atoms with Crippen molar-refractivity contribution in [2.45, 2.75) is 6.54 Å². The van der Waals surface area contributed by atoms with E-state index in [1.165, 1.54) is 6.07 Å². The van der Waals surface area contributed by atoms with Crippen LogP contribution in [-0.2, 0) is 6.54 Å². The summed E-state index contributed by atoms with van der Waals surface area (Å²) in [5.41, 5.74) is 8.76. The number of aromatic nitrogens is 3. The molecule has 21 heavy (non-hydrogen) atoms. The van der Waals surface area contributed by atoms with Crippen LogP contribution in [0.2, 0.25) is 0 Å². The maximum absolute atomic E-state index is 11.8. The molecule has 3 N–H and O–H groups in total. The van der Waals surface area contributed by atoms with Gasteiger partial charge in [-0.1, -0.05) is 24.3 Å². The van der Waals surface area contributed by atoms with Gasteiger partial charge in [0.15, 0.2) is 0 Å². The molecule has 104 valence electrons. The normalized spacial score (nSPS) is 10.5. The van der Waals surface area contributed by atoms with Crippen LogP contribution >= 0.6 is 0 Å². The molecule has 3 rings (SSSR count). The Morgan fingerprint density at radius 2 is 1.71 bits per heavy atom. The number of pyridine rings is 1. The lowest BCUT2D eigenvalue weighted by atomic mass is 10.1. The lowest BCUT2D eigenvalue weighted by molar-refractivity contribution is 1.07. The van der Waals surface area contributed by atoms with Gasteiger partial charge in [-0.25, -0.2) is 4.98 Å². The molecule has 0 saturated heterocycles. The van der Waals surface area contributed by atoms with Crippen LogP contribution in [0.4, 0.5) is 0 Å². The molecular formula is C16H14N4O. The number of rotatable bonds is 3. The van der Waals surface area contributed by atoms with Crippen molar-refractivity contribution >= 4 is 0 Å². The molecule has 1 aromatic carbocycles. The number of H-pyrrole nitrogens is 1. The average molecular weight is 278 g/mol. The van der Waals surface area contributed by atoms with Crippen molar-refractivity contribution in [1.82, 2.24) is 15.0 Å². The number of nitrogens with one attached hydrogen (secondary N) is 1. The van der Waals surface area contributed by atoms with E-state index in [4.69, 9.17) is 5.73 Å². The Balaban J connectivity index is 2.07. The number of hydrogen-bond donors (Lipinski definition) is 2. The third-order valence-electron chi connectivity index (χ3n) is 3.18. The molecule has 0 amide bonds. The number of nitrogens with zero attached hydrogens (tertiary/aromatic N) is 2. The summed E-state index contributed by atoms with van der Waals surface area (Å²) in [6.45, 7) is 0.487. The van der Waals surface area contributed by atoms with Crippen molar-refractivity contribution in [2.75, 3.05) is 0 Å². The monoisotopic (exact) mass is 278 g/mol. The Hall–Kier alpha value is -2.79. The summed E-state index contributed by atoms with van der Waals surface area (Å²) in [5, 5.41) is 0. The maximum atomic E-state index is 11.8. The average Bonchev–Trinajstić information content (AvgIpc) is 2.55. The fourth-order valence-corrected chi connectivity index (χ4v) is 2.06. The van der Waals surface area contributed by atoms with Crippen molar-refractivity contribution in [3.05, 3.63) is 70.8 Å². The summed E-state index contributed by atoms with van der Waals surface area (Å²) in [5.74, 6) is 0.540. The van der Waals surface area contributed by atoms with Gasteiger partial charge >= 0.3 is 0 Å². The highest BCUT2D eigenvalue weighted by molar-refractivity contribution is 5.63. The van der Waals surface area contributed by atoms with Crippen LogP contribution in [-0.4, -0.2) is 15.0 Å². The number of benzene rings is 1. The Kier molecular flexibility index (Phi) is 3.57. The Morgan fingerprint density at radius 3 is 2.38 bits per heavy atom. The number of hydrogen-bond acceptors (Lipinski definition) is 4. The van der Waals surface area contributed by atoms with Crippen molar-refractivity contribution in [1.29, 1.82) is 0 Å². The first-order chi connectivity index (χ1) is 10.3. The maximum Gasteiger partial charge on any atom is 0.251 e. The molecule has 0 fully saturated rings. The highest BCUT2D eigenvalue weighted by atomic mass is 16.1. The van der Waals surface area contributed by atoms with E-state index in [-0.39, 0.29) is 5.56 Å². The fourth-order valence-electron chi connectivity index (χ4n) is 2.06. The van der Waals surface area contributed by atoms with Crippen molar-refractivity contribution in [2.24, 2.45) is 5.73 Å². The molecule has 2 heterocycles. The van der Waals surface area contributed by atoms with Gasteiger partial charge in [0.25, 0.3) is 5.56 Å². The molecule has 0 saturated carbocycles. The smallest absolute Gasteiger partial charge is 0.251 e. The summed E-state index contributed by atoms with van der Waals surface area (Å²) in [7, 11) is 0. The van der Waals surface area contributed by atoms with E-state index < -0.39 is 0 Å². The van der Waals surface area contributed by atoms with Crippen molar-refractivity contribution in [3.8, 4) is 22.6 Å². The lowest BCUT2D eigenvalue weighted by Crippen LogP contribution is -2.08.